The maximum Gasteiger partial charge on any atom is 0.231 e. The number of hydrogen-bond donors (Lipinski definition) is 0. The average molecular weight is 247 g/mol. The van der Waals surface area contributed by atoms with Crippen molar-refractivity contribution in [1.29, 1.82) is 0 Å². The minimum atomic E-state index is 0.160. The highest BCUT2D eigenvalue weighted by atomic mass is 16.7. The molecule has 0 spiro atoms. The second-order valence-corrected chi connectivity index (χ2v) is 5.04. The molecular formula is C14H17NO3. The van der Waals surface area contributed by atoms with Crippen LogP contribution in [0, 0.1) is 5.92 Å². The average Bonchev–Trinajstić information content (AvgIpc) is 2.81. The zero-order valence-corrected chi connectivity index (χ0v) is 10.5. The number of carbonyl (C=O) groups is 1. The summed E-state index contributed by atoms with van der Waals surface area (Å²) in [5.74, 6) is 2.19. The number of Topliss-reactive ketones (excluding diaryl/α,β-unsaturated/α-hetero) is 1. The number of ketones is 1. The quantitative estimate of drug-likeness (QED) is 0.799. The molecule has 18 heavy (non-hydrogen) atoms. The maximum absolute atomic E-state index is 11.5. The Bertz CT molecular complexity index is 472. The summed E-state index contributed by atoms with van der Waals surface area (Å²) in [5, 5.41) is 0. The van der Waals surface area contributed by atoms with Crippen LogP contribution in [0.15, 0.2) is 18.2 Å². The summed E-state index contributed by atoms with van der Waals surface area (Å²) in [6, 6.07) is 6.05. The van der Waals surface area contributed by atoms with E-state index in [1.54, 1.807) is 0 Å². The molecule has 0 amide bonds. The highest BCUT2D eigenvalue weighted by molar-refractivity contribution is 5.81. The Hall–Kier alpha value is -1.55. The molecule has 2 aliphatic rings. The molecule has 3 rings (SSSR count). The third-order valence-electron chi connectivity index (χ3n) is 3.60. The topological polar surface area (TPSA) is 38.8 Å². The number of carbonyl (C=O) groups excluding carboxylic acids is 1. The van der Waals surface area contributed by atoms with Gasteiger partial charge in [0.25, 0.3) is 0 Å². The van der Waals surface area contributed by atoms with Gasteiger partial charge in [-0.3, -0.25) is 9.69 Å². The largest absolute Gasteiger partial charge is 0.454 e. The van der Waals surface area contributed by atoms with Gasteiger partial charge in [0.15, 0.2) is 11.5 Å². The summed E-state index contributed by atoms with van der Waals surface area (Å²) in [6.45, 7) is 4.90. The predicted molar refractivity (Wildman–Crippen MR) is 66.6 cm³/mol. The first-order valence-corrected chi connectivity index (χ1v) is 6.36. The van der Waals surface area contributed by atoms with Gasteiger partial charge in [-0.05, 0) is 17.7 Å². The van der Waals surface area contributed by atoms with Crippen LogP contribution in [-0.2, 0) is 11.3 Å². The minimum Gasteiger partial charge on any atom is -0.454 e. The first kappa shape index (κ1) is 11.5. The van der Waals surface area contributed by atoms with E-state index in [-0.39, 0.29) is 5.92 Å². The van der Waals surface area contributed by atoms with Gasteiger partial charge >= 0.3 is 0 Å². The third-order valence-corrected chi connectivity index (χ3v) is 3.60. The van der Waals surface area contributed by atoms with Crippen molar-refractivity contribution in [3.63, 3.8) is 0 Å². The Labute approximate surface area is 106 Å². The van der Waals surface area contributed by atoms with E-state index in [4.69, 9.17) is 9.47 Å². The molecule has 0 N–H and O–H groups in total. The Morgan fingerprint density at radius 1 is 1.33 bits per heavy atom. The van der Waals surface area contributed by atoms with E-state index in [9.17, 15) is 4.79 Å². The molecule has 0 aliphatic carbocycles. The molecule has 1 unspecified atom stereocenters. The van der Waals surface area contributed by atoms with Crippen molar-refractivity contribution in [2.75, 3.05) is 19.9 Å². The van der Waals surface area contributed by atoms with Crippen LogP contribution in [0.4, 0.5) is 0 Å². The van der Waals surface area contributed by atoms with Crippen molar-refractivity contribution >= 4 is 5.78 Å². The number of ether oxygens (including phenoxy) is 2. The van der Waals surface area contributed by atoms with Gasteiger partial charge in [-0.2, -0.15) is 0 Å². The van der Waals surface area contributed by atoms with Crippen molar-refractivity contribution in [2.24, 2.45) is 5.92 Å². The molecule has 1 atom stereocenters. The molecule has 2 aliphatic heterocycles. The van der Waals surface area contributed by atoms with Crippen LogP contribution < -0.4 is 9.47 Å². The molecule has 0 radical (unpaired) electrons. The molecule has 4 nitrogen and oxygen atoms in total. The van der Waals surface area contributed by atoms with Crippen molar-refractivity contribution in [3.8, 4) is 11.5 Å². The highest BCUT2D eigenvalue weighted by Crippen LogP contribution is 2.33. The Balaban J connectivity index is 1.68. The van der Waals surface area contributed by atoms with E-state index in [1.165, 1.54) is 5.56 Å². The second-order valence-electron chi connectivity index (χ2n) is 5.04. The van der Waals surface area contributed by atoms with Gasteiger partial charge < -0.3 is 9.47 Å². The van der Waals surface area contributed by atoms with Crippen molar-refractivity contribution in [2.45, 2.75) is 19.9 Å². The summed E-state index contributed by atoms with van der Waals surface area (Å²) in [7, 11) is 0. The molecule has 0 aromatic heterocycles. The summed E-state index contributed by atoms with van der Waals surface area (Å²) in [4.78, 5) is 13.8. The van der Waals surface area contributed by atoms with Crippen molar-refractivity contribution in [3.05, 3.63) is 23.8 Å². The van der Waals surface area contributed by atoms with Crippen LogP contribution in [0.5, 0.6) is 11.5 Å². The van der Waals surface area contributed by atoms with Crippen LogP contribution >= 0.6 is 0 Å². The first-order chi connectivity index (χ1) is 8.72. The fraction of sp³-hybridized carbons (Fsp3) is 0.500. The normalized spacial score (nSPS) is 23.4. The van der Waals surface area contributed by atoms with Gasteiger partial charge in [-0.1, -0.05) is 13.0 Å². The monoisotopic (exact) mass is 247 g/mol. The van der Waals surface area contributed by atoms with Crippen LogP contribution in [0.1, 0.15) is 18.9 Å². The lowest BCUT2D eigenvalue weighted by atomic mass is 9.98. The molecule has 0 saturated carbocycles. The number of nitrogens with zero attached hydrogens (tertiary/aromatic N) is 1. The summed E-state index contributed by atoms with van der Waals surface area (Å²) in [6.07, 6.45) is 0.672. The van der Waals surface area contributed by atoms with Gasteiger partial charge in [-0.15, -0.1) is 0 Å². The van der Waals surface area contributed by atoms with E-state index in [0.717, 1.165) is 31.1 Å². The fourth-order valence-electron chi connectivity index (χ4n) is 2.54. The second kappa shape index (κ2) is 4.61. The zero-order chi connectivity index (χ0) is 12.5. The molecule has 4 heteroatoms. The van der Waals surface area contributed by atoms with E-state index >= 15 is 0 Å². The van der Waals surface area contributed by atoms with Crippen LogP contribution in [0.25, 0.3) is 0 Å². The predicted octanol–water partition coefficient (Wildman–Crippen LogP) is 1.83. The zero-order valence-electron chi connectivity index (χ0n) is 10.5. The van der Waals surface area contributed by atoms with Crippen LogP contribution in [0.2, 0.25) is 0 Å². The van der Waals surface area contributed by atoms with E-state index in [2.05, 4.69) is 11.0 Å². The summed E-state index contributed by atoms with van der Waals surface area (Å²) < 4.78 is 10.7. The van der Waals surface area contributed by atoms with E-state index < -0.39 is 0 Å². The Kier molecular flexibility index (Phi) is 2.96. The molecule has 1 aromatic carbocycles. The third kappa shape index (κ3) is 2.20. The molecule has 0 bridgehead atoms. The SMILES string of the molecule is CC1CN(Cc2ccc3c(c2)OCO3)CCC1=O. The number of piperidine rings is 1. The Morgan fingerprint density at radius 3 is 3.00 bits per heavy atom. The summed E-state index contributed by atoms with van der Waals surface area (Å²) >= 11 is 0. The van der Waals surface area contributed by atoms with Crippen LogP contribution in [0.3, 0.4) is 0 Å². The Morgan fingerprint density at radius 2 is 2.17 bits per heavy atom. The smallest absolute Gasteiger partial charge is 0.231 e. The van der Waals surface area contributed by atoms with Crippen molar-refractivity contribution in [1.82, 2.24) is 4.90 Å². The number of benzene rings is 1. The fourth-order valence-corrected chi connectivity index (χ4v) is 2.54. The lowest BCUT2D eigenvalue weighted by Crippen LogP contribution is -2.38. The number of fused-ring (bicyclic) bond motifs is 1. The molecule has 2 heterocycles. The maximum atomic E-state index is 11.5. The van der Waals surface area contributed by atoms with Crippen molar-refractivity contribution < 1.29 is 14.3 Å². The van der Waals surface area contributed by atoms with Gasteiger partial charge in [0.2, 0.25) is 6.79 Å². The highest BCUT2D eigenvalue weighted by Gasteiger charge is 2.23. The molecule has 1 fully saturated rings. The molecular weight excluding hydrogens is 230 g/mol. The molecule has 96 valence electrons. The minimum absolute atomic E-state index is 0.160. The summed E-state index contributed by atoms with van der Waals surface area (Å²) in [5.41, 5.74) is 1.21. The van der Waals surface area contributed by atoms with E-state index in [1.807, 2.05) is 19.1 Å². The van der Waals surface area contributed by atoms with Gasteiger partial charge in [0.1, 0.15) is 5.78 Å². The first-order valence-electron chi connectivity index (χ1n) is 6.36. The standard InChI is InChI=1S/C14H17NO3/c1-10-7-15(5-4-12(10)16)8-11-2-3-13-14(6-11)18-9-17-13/h2-3,6,10H,4-5,7-9H2,1H3. The number of rotatable bonds is 2. The van der Waals surface area contributed by atoms with Gasteiger partial charge in [-0.25, -0.2) is 0 Å². The van der Waals surface area contributed by atoms with E-state index in [0.29, 0.717) is 19.0 Å². The number of hydrogen-bond acceptors (Lipinski definition) is 4. The molecule has 1 saturated heterocycles. The molecule has 1 aromatic rings. The lowest BCUT2D eigenvalue weighted by Gasteiger charge is -2.29. The lowest BCUT2D eigenvalue weighted by molar-refractivity contribution is -0.125. The number of likely N-dealkylation sites (tertiary alicyclic amines) is 1. The van der Waals surface area contributed by atoms with Crippen LogP contribution in [-0.4, -0.2) is 30.6 Å². The van der Waals surface area contributed by atoms with Gasteiger partial charge in [0, 0.05) is 32.0 Å². The van der Waals surface area contributed by atoms with Gasteiger partial charge in [0.05, 0.1) is 0 Å².